The zero-order valence-corrected chi connectivity index (χ0v) is 20.9. The van der Waals surface area contributed by atoms with Gasteiger partial charge in [0.15, 0.2) is 11.5 Å². The summed E-state index contributed by atoms with van der Waals surface area (Å²) >= 11 is 0. The van der Waals surface area contributed by atoms with Crippen molar-refractivity contribution in [2.24, 2.45) is 5.92 Å². The Labute approximate surface area is 222 Å². The van der Waals surface area contributed by atoms with E-state index in [1.54, 1.807) is 24.5 Å². The van der Waals surface area contributed by atoms with E-state index in [-0.39, 0.29) is 17.6 Å². The molecule has 3 N–H and O–H groups in total. The Balaban J connectivity index is 1.25. The molecule has 7 rings (SSSR count). The fraction of sp³-hybridized carbons (Fsp3) is 0.167. The largest absolute Gasteiger partial charge is 0.336 e. The molecule has 0 radical (unpaired) electrons. The van der Waals surface area contributed by atoms with Crippen LogP contribution in [0.25, 0.3) is 56.0 Å². The Kier molecular flexibility index (Phi) is 5.61. The first kappa shape index (κ1) is 23.2. The van der Waals surface area contributed by atoms with Crippen LogP contribution >= 0.6 is 0 Å². The van der Waals surface area contributed by atoms with Gasteiger partial charge in [-0.1, -0.05) is 43.2 Å². The molecule has 4 aromatic heterocycles. The van der Waals surface area contributed by atoms with Gasteiger partial charge in [0.2, 0.25) is 5.91 Å². The quantitative estimate of drug-likeness (QED) is 0.242. The lowest BCUT2D eigenvalue weighted by atomic mass is 10.0. The van der Waals surface area contributed by atoms with E-state index in [9.17, 15) is 9.18 Å². The highest BCUT2D eigenvalue weighted by Gasteiger charge is 2.23. The molecule has 9 heteroatoms. The van der Waals surface area contributed by atoms with Crippen molar-refractivity contribution in [2.45, 2.75) is 25.7 Å². The summed E-state index contributed by atoms with van der Waals surface area (Å²) in [6, 6.07) is 18.0. The number of carbonyl (C=O) groups is 1. The van der Waals surface area contributed by atoms with Crippen LogP contribution in [0.15, 0.2) is 73.1 Å². The predicted molar refractivity (Wildman–Crippen MR) is 148 cm³/mol. The van der Waals surface area contributed by atoms with Gasteiger partial charge in [-0.2, -0.15) is 5.10 Å². The van der Waals surface area contributed by atoms with Crippen molar-refractivity contribution >= 4 is 33.7 Å². The lowest BCUT2D eigenvalue weighted by molar-refractivity contribution is -0.119. The van der Waals surface area contributed by atoms with E-state index in [1.807, 2.05) is 42.5 Å². The van der Waals surface area contributed by atoms with Crippen LogP contribution in [0.4, 0.5) is 10.1 Å². The number of para-hydroxylation sites is 1. The number of aromatic nitrogens is 6. The zero-order valence-electron chi connectivity index (χ0n) is 20.9. The summed E-state index contributed by atoms with van der Waals surface area (Å²) in [7, 11) is 0. The molecule has 1 aliphatic rings. The normalized spacial score (nSPS) is 13.9. The van der Waals surface area contributed by atoms with Crippen LogP contribution in [-0.4, -0.2) is 36.0 Å². The van der Waals surface area contributed by atoms with Crippen molar-refractivity contribution in [1.82, 2.24) is 30.1 Å². The summed E-state index contributed by atoms with van der Waals surface area (Å²) in [5.74, 6) is 0.340. The number of rotatable bonds is 5. The molecule has 0 unspecified atom stereocenters. The SMILES string of the molecule is O=C(Nc1cncc(-c2ccc3[nH]nc(-c4nc5c(-c6ccccc6F)cccc5[nH]4)c3n2)c1)C1CCCC1. The van der Waals surface area contributed by atoms with Crippen LogP contribution in [0.3, 0.4) is 0 Å². The number of halogens is 1. The van der Waals surface area contributed by atoms with Crippen molar-refractivity contribution in [3.63, 3.8) is 0 Å². The van der Waals surface area contributed by atoms with E-state index in [0.29, 0.717) is 45.1 Å². The minimum Gasteiger partial charge on any atom is -0.336 e. The molecule has 8 nitrogen and oxygen atoms in total. The Morgan fingerprint density at radius 1 is 0.897 bits per heavy atom. The van der Waals surface area contributed by atoms with Gasteiger partial charge in [-0.25, -0.2) is 14.4 Å². The Morgan fingerprint density at radius 2 is 1.74 bits per heavy atom. The van der Waals surface area contributed by atoms with Crippen molar-refractivity contribution in [3.8, 4) is 33.9 Å². The molecule has 39 heavy (non-hydrogen) atoms. The molecule has 1 fully saturated rings. The van der Waals surface area contributed by atoms with Crippen LogP contribution in [-0.2, 0) is 4.79 Å². The van der Waals surface area contributed by atoms with E-state index in [0.717, 1.165) is 42.3 Å². The molecule has 0 aliphatic heterocycles. The maximum atomic E-state index is 14.6. The van der Waals surface area contributed by atoms with Gasteiger partial charge >= 0.3 is 0 Å². The van der Waals surface area contributed by atoms with E-state index < -0.39 is 0 Å². The molecule has 1 amide bonds. The van der Waals surface area contributed by atoms with Crippen LogP contribution in [0.2, 0.25) is 0 Å². The lowest BCUT2D eigenvalue weighted by Gasteiger charge is -2.11. The monoisotopic (exact) mass is 517 g/mol. The number of imidazole rings is 1. The summed E-state index contributed by atoms with van der Waals surface area (Å²) in [6.45, 7) is 0. The average Bonchev–Trinajstić information content (AvgIpc) is 3.73. The maximum absolute atomic E-state index is 14.6. The molecule has 0 spiro atoms. The standard InChI is InChI=1S/C30H24FN7O/c31-22-10-4-3-8-20(22)21-9-5-11-24-26(21)36-29(35-24)28-27-25(37-38-28)13-12-23(34-27)18-14-19(16-32-15-18)33-30(39)17-6-1-2-7-17/h3-5,8-17H,1-2,6-7H2,(H,33,39)(H,35,36)(H,37,38). The summed E-state index contributed by atoms with van der Waals surface area (Å²) in [4.78, 5) is 30.0. The number of amides is 1. The number of nitrogens with zero attached hydrogens (tertiary/aromatic N) is 4. The minimum absolute atomic E-state index is 0.0478. The summed E-state index contributed by atoms with van der Waals surface area (Å²) in [5, 5.41) is 10.5. The molecule has 1 saturated carbocycles. The predicted octanol–water partition coefficient (Wildman–Crippen LogP) is 6.50. The van der Waals surface area contributed by atoms with Gasteiger partial charge in [-0.3, -0.25) is 14.9 Å². The number of anilines is 1. The van der Waals surface area contributed by atoms with E-state index in [2.05, 4.69) is 25.5 Å². The fourth-order valence-electron chi connectivity index (χ4n) is 5.35. The summed E-state index contributed by atoms with van der Waals surface area (Å²) in [5.41, 5.74) is 6.68. The second-order valence-corrected chi connectivity index (χ2v) is 9.86. The number of benzene rings is 2. The maximum Gasteiger partial charge on any atom is 0.227 e. The Morgan fingerprint density at radius 3 is 2.62 bits per heavy atom. The number of hydrogen-bond donors (Lipinski definition) is 3. The van der Waals surface area contributed by atoms with Gasteiger partial charge in [0.25, 0.3) is 0 Å². The Hall–Kier alpha value is -4.92. The number of fused-ring (bicyclic) bond motifs is 2. The first-order valence-electron chi connectivity index (χ1n) is 13.0. The molecule has 0 atom stereocenters. The van der Waals surface area contributed by atoms with E-state index >= 15 is 0 Å². The van der Waals surface area contributed by atoms with Crippen LogP contribution in [0.1, 0.15) is 25.7 Å². The molecule has 0 bridgehead atoms. The molecular weight excluding hydrogens is 493 g/mol. The third-order valence-corrected chi connectivity index (χ3v) is 7.34. The van der Waals surface area contributed by atoms with Crippen LogP contribution in [0.5, 0.6) is 0 Å². The third-order valence-electron chi connectivity index (χ3n) is 7.34. The van der Waals surface area contributed by atoms with Crippen LogP contribution in [0, 0.1) is 11.7 Å². The molecule has 2 aromatic carbocycles. The number of hydrogen-bond acceptors (Lipinski definition) is 5. The van der Waals surface area contributed by atoms with Crippen LogP contribution < -0.4 is 5.32 Å². The second kappa shape index (κ2) is 9.43. The van der Waals surface area contributed by atoms with Crippen molar-refractivity contribution in [3.05, 3.63) is 78.9 Å². The third kappa shape index (κ3) is 4.21. The van der Waals surface area contributed by atoms with Crippen molar-refractivity contribution in [2.75, 3.05) is 5.32 Å². The fourth-order valence-corrected chi connectivity index (χ4v) is 5.35. The van der Waals surface area contributed by atoms with E-state index in [4.69, 9.17) is 9.97 Å². The Bertz CT molecular complexity index is 1850. The number of aromatic amines is 2. The first-order valence-corrected chi connectivity index (χ1v) is 13.0. The number of carbonyl (C=O) groups excluding carboxylic acids is 1. The number of nitrogens with one attached hydrogen (secondary N) is 3. The molecule has 192 valence electrons. The summed E-state index contributed by atoms with van der Waals surface area (Å²) in [6.07, 6.45) is 7.45. The van der Waals surface area contributed by atoms with Gasteiger partial charge in [-0.15, -0.1) is 0 Å². The molecule has 1 aliphatic carbocycles. The zero-order chi connectivity index (χ0) is 26.3. The first-order chi connectivity index (χ1) is 19.1. The highest BCUT2D eigenvalue weighted by Crippen LogP contribution is 2.33. The van der Waals surface area contributed by atoms with Gasteiger partial charge in [-0.05, 0) is 43.2 Å². The lowest BCUT2D eigenvalue weighted by Crippen LogP contribution is -2.20. The smallest absolute Gasteiger partial charge is 0.227 e. The minimum atomic E-state index is -0.304. The summed E-state index contributed by atoms with van der Waals surface area (Å²) < 4.78 is 14.6. The molecule has 4 heterocycles. The van der Waals surface area contributed by atoms with Gasteiger partial charge in [0, 0.05) is 28.8 Å². The van der Waals surface area contributed by atoms with Crippen molar-refractivity contribution in [1.29, 1.82) is 0 Å². The van der Waals surface area contributed by atoms with Gasteiger partial charge in [0.1, 0.15) is 11.3 Å². The molecular formula is C30H24FN7O. The topological polar surface area (TPSA) is 112 Å². The highest BCUT2D eigenvalue weighted by molar-refractivity contribution is 5.97. The number of H-pyrrole nitrogens is 2. The van der Waals surface area contributed by atoms with E-state index in [1.165, 1.54) is 6.07 Å². The molecule has 0 saturated heterocycles. The van der Waals surface area contributed by atoms with Gasteiger partial charge in [0.05, 0.1) is 34.1 Å². The average molecular weight is 518 g/mol. The van der Waals surface area contributed by atoms with Crippen molar-refractivity contribution < 1.29 is 9.18 Å². The number of pyridine rings is 2. The second-order valence-electron chi connectivity index (χ2n) is 9.86. The van der Waals surface area contributed by atoms with Gasteiger partial charge < -0.3 is 10.3 Å². The highest BCUT2D eigenvalue weighted by atomic mass is 19.1. The molecule has 6 aromatic rings.